The van der Waals surface area contributed by atoms with Crippen molar-refractivity contribution in [2.45, 2.75) is 18.6 Å². The van der Waals surface area contributed by atoms with E-state index in [4.69, 9.17) is 5.26 Å². The van der Waals surface area contributed by atoms with Gasteiger partial charge in [-0.2, -0.15) is 5.26 Å². The van der Waals surface area contributed by atoms with E-state index in [0.717, 1.165) is 0 Å². The Hall–Kier alpha value is -0.120. The molecule has 4 nitrogen and oxygen atoms in total. The lowest BCUT2D eigenvalue weighted by Gasteiger charge is -2.18. The van der Waals surface area contributed by atoms with Gasteiger partial charge >= 0.3 is 0 Å². The Morgan fingerprint density at radius 1 is 1.62 bits per heavy atom. The van der Waals surface area contributed by atoms with Gasteiger partial charge in [0.1, 0.15) is 0 Å². The Morgan fingerprint density at radius 2 is 2.15 bits per heavy atom. The number of rotatable bonds is 5. The standard InChI is InChI=1S/C7H13BrN2O2S/c1-3-7(6-9)13(11,12)10(2)5-4-8/h7H,3-5H2,1-2H3. The first-order valence-corrected chi connectivity index (χ1v) is 6.53. The van der Waals surface area contributed by atoms with E-state index >= 15 is 0 Å². The first-order chi connectivity index (χ1) is 6.00. The normalized spacial score (nSPS) is 14.1. The molecule has 0 aromatic carbocycles. The van der Waals surface area contributed by atoms with Gasteiger partial charge in [0.05, 0.1) is 6.07 Å². The second-order valence-corrected chi connectivity index (χ2v) is 5.60. The van der Waals surface area contributed by atoms with Gasteiger partial charge < -0.3 is 0 Å². The van der Waals surface area contributed by atoms with Crippen LogP contribution in [0.25, 0.3) is 0 Å². The summed E-state index contributed by atoms with van der Waals surface area (Å²) in [5.41, 5.74) is 0. The maximum absolute atomic E-state index is 11.6. The summed E-state index contributed by atoms with van der Waals surface area (Å²) in [7, 11) is -1.94. The molecule has 0 spiro atoms. The highest BCUT2D eigenvalue weighted by atomic mass is 79.9. The van der Waals surface area contributed by atoms with Crippen LogP contribution in [0.1, 0.15) is 13.3 Å². The maximum Gasteiger partial charge on any atom is 0.230 e. The number of hydrogen-bond acceptors (Lipinski definition) is 3. The molecule has 1 atom stereocenters. The Labute approximate surface area is 87.7 Å². The van der Waals surface area contributed by atoms with Crippen molar-refractivity contribution in [2.75, 3.05) is 18.9 Å². The van der Waals surface area contributed by atoms with Crippen LogP contribution in [0.2, 0.25) is 0 Å². The SMILES string of the molecule is CCC(C#N)S(=O)(=O)N(C)CCBr. The molecular weight excluding hydrogens is 256 g/mol. The largest absolute Gasteiger partial charge is 0.230 e. The molecule has 0 heterocycles. The first-order valence-electron chi connectivity index (χ1n) is 3.91. The number of nitriles is 1. The third-order valence-corrected chi connectivity index (χ3v) is 4.27. The summed E-state index contributed by atoms with van der Waals surface area (Å²) in [6.45, 7) is 2.08. The van der Waals surface area contributed by atoms with Crippen LogP contribution < -0.4 is 0 Å². The summed E-state index contributed by atoms with van der Waals surface area (Å²) in [5, 5.41) is 8.27. The molecular formula is C7H13BrN2O2S. The highest BCUT2D eigenvalue weighted by molar-refractivity contribution is 9.09. The van der Waals surface area contributed by atoms with E-state index < -0.39 is 15.3 Å². The van der Waals surface area contributed by atoms with E-state index in [1.807, 2.05) is 0 Å². The van der Waals surface area contributed by atoms with Gasteiger partial charge in [0.25, 0.3) is 0 Å². The fraction of sp³-hybridized carbons (Fsp3) is 0.857. The van der Waals surface area contributed by atoms with Crippen molar-refractivity contribution < 1.29 is 8.42 Å². The van der Waals surface area contributed by atoms with Gasteiger partial charge in [0.2, 0.25) is 10.0 Å². The Kier molecular flexibility index (Phi) is 5.53. The quantitative estimate of drug-likeness (QED) is 0.698. The summed E-state index contributed by atoms with van der Waals surface area (Å²) in [6.07, 6.45) is 0.325. The number of nitrogens with zero attached hydrogens (tertiary/aromatic N) is 2. The smallest absolute Gasteiger partial charge is 0.211 e. The number of sulfonamides is 1. The molecule has 0 saturated carbocycles. The lowest BCUT2D eigenvalue weighted by Crippen LogP contribution is -2.36. The summed E-state index contributed by atoms with van der Waals surface area (Å²) >= 11 is 3.15. The molecule has 0 aromatic rings. The summed E-state index contributed by atoms with van der Waals surface area (Å²) in [4.78, 5) is 0. The third-order valence-electron chi connectivity index (χ3n) is 1.71. The molecule has 76 valence electrons. The zero-order valence-electron chi connectivity index (χ0n) is 7.70. The molecule has 6 heteroatoms. The molecule has 0 radical (unpaired) electrons. The molecule has 0 N–H and O–H groups in total. The van der Waals surface area contributed by atoms with Crippen LogP contribution in [0.3, 0.4) is 0 Å². The number of alkyl halides is 1. The van der Waals surface area contributed by atoms with Crippen LogP contribution in [0, 0.1) is 11.3 Å². The van der Waals surface area contributed by atoms with Crippen molar-refractivity contribution in [2.24, 2.45) is 0 Å². The second kappa shape index (κ2) is 5.58. The third kappa shape index (κ3) is 3.25. The van der Waals surface area contributed by atoms with Gasteiger partial charge in [-0.3, -0.25) is 0 Å². The van der Waals surface area contributed by atoms with Crippen molar-refractivity contribution in [3.63, 3.8) is 0 Å². The topological polar surface area (TPSA) is 61.2 Å². The van der Waals surface area contributed by atoms with Crippen molar-refractivity contribution in [3.05, 3.63) is 0 Å². The fourth-order valence-corrected chi connectivity index (χ4v) is 2.93. The van der Waals surface area contributed by atoms with E-state index in [1.165, 1.54) is 11.4 Å². The Balaban J connectivity index is 4.66. The van der Waals surface area contributed by atoms with Crippen LogP contribution in [0.5, 0.6) is 0 Å². The average Bonchev–Trinajstić information content (AvgIpc) is 2.06. The fourth-order valence-electron chi connectivity index (χ4n) is 0.832. The van der Waals surface area contributed by atoms with Gasteiger partial charge in [-0.1, -0.05) is 22.9 Å². The van der Waals surface area contributed by atoms with E-state index in [9.17, 15) is 8.42 Å². The minimum Gasteiger partial charge on any atom is -0.211 e. The molecule has 0 saturated heterocycles. The van der Waals surface area contributed by atoms with E-state index in [0.29, 0.717) is 18.3 Å². The molecule has 1 unspecified atom stereocenters. The van der Waals surface area contributed by atoms with Crippen LogP contribution in [0.4, 0.5) is 0 Å². The Morgan fingerprint density at radius 3 is 2.46 bits per heavy atom. The summed E-state index contributed by atoms with van der Waals surface area (Å²) < 4.78 is 24.3. The predicted molar refractivity (Wildman–Crippen MR) is 55.0 cm³/mol. The predicted octanol–water partition coefficient (Wildman–Crippen LogP) is 0.945. The van der Waals surface area contributed by atoms with Crippen molar-refractivity contribution in [1.29, 1.82) is 5.26 Å². The molecule has 0 fully saturated rings. The van der Waals surface area contributed by atoms with Gasteiger partial charge in [0.15, 0.2) is 5.25 Å². The minimum absolute atomic E-state index is 0.325. The zero-order valence-corrected chi connectivity index (χ0v) is 10.1. The van der Waals surface area contributed by atoms with Gasteiger partial charge in [-0.05, 0) is 6.42 Å². The molecule has 0 amide bonds. The molecule has 0 aliphatic rings. The van der Waals surface area contributed by atoms with Crippen LogP contribution >= 0.6 is 15.9 Å². The van der Waals surface area contributed by atoms with Gasteiger partial charge in [0, 0.05) is 18.9 Å². The van der Waals surface area contributed by atoms with Gasteiger partial charge in [-0.15, -0.1) is 0 Å². The number of halogens is 1. The summed E-state index contributed by atoms with van der Waals surface area (Å²) in [6, 6.07) is 1.79. The molecule has 0 rings (SSSR count). The minimum atomic E-state index is -3.42. The van der Waals surface area contributed by atoms with Crippen LogP contribution in [-0.4, -0.2) is 36.9 Å². The van der Waals surface area contributed by atoms with E-state index in [1.54, 1.807) is 13.0 Å². The highest BCUT2D eigenvalue weighted by Gasteiger charge is 2.27. The molecule has 13 heavy (non-hydrogen) atoms. The van der Waals surface area contributed by atoms with E-state index in [-0.39, 0.29) is 0 Å². The van der Waals surface area contributed by atoms with Crippen LogP contribution in [0.15, 0.2) is 0 Å². The van der Waals surface area contributed by atoms with Gasteiger partial charge in [-0.25, -0.2) is 12.7 Å². The first kappa shape index (κ1) is 12.9. The molecule has 0 aromatic heterocycles. The molecule has 0 aliphatic carbocycles. The highest BCUT2D eigenvalue weighted by Crippen LogP contribution is 2.09. The Bertz CT molecular complexity index is 283. The summed E-state index contributed by atoms with van der Waals surface area (Å²) in [5.74, 6) is 0. The van der Waals surface area contributed by atoms with Crippen LogP contribution in [-0.2, 0) is 10.0 Å². The molecule has 0 bridgehead atoms. The number of hydrogen-bond donors (Lipinski definition) is 0. The monoisotopic (exact) mass is 268 g/mol. The average molecular weight is 269 g/mol. The maximum atomic E-state index is 11.6. The van der Waals surface area contributed by atoms with E-state index in [2.05, 4.69) is 15.9 Å². The lowest BCUT2D eigenvalue weighted by molar-refractivity contribution is 0.482. The van der Waals surface area contributed by atoms with Crippen molar-refractivity contribution in [3.8, 4) is 6.07 Å². The lowest BCUT2D eigenvalue weighted by atomic mass is 10.4. The van der Waals surface area contributed by atoms with Crippen molar-refractivity contribution >= 4 is 26.0 Å². The van der Waals surface area contributed by atoms with Crippen molar-refractivity contribution in [1.82, 2.24) is 4.31 Å². The molecule has 0 aliphatic heterocycles. The second-order valence-electron chi connectivity index (χ2n) is 2.58. The zero-order chi connectivity index (χ0) is 10.5.